The Morgan fingerprint density at radius 3 is 2.42 bits per heavy atom. The molecule has 5 nitrogen and oxygen atoms in total. The quantitative estimate of drug-likeness (QED) is 0.748. The Balaban J connectivity index is 3.12. The van der Waals surface area contributed by atoms with E-state index in [9.17, 15) is 13.2 Å². The molecule has 0 fully saturated rings. The van der Waals surface area contributed by atoms with Gasteiger partial charge in [0, 0.05) is 10.4 Å². The average molecular weight is 371 g/mol. The Hall–Kier alpha value is -0.790. The van der Waals surface area contributed by atoms with E-state index in [-0.39, 0.29) is 18.0 Å². The molecule has 19 heavy (non-hydrogen) atoms. The van der Waals surface area contributed by atoms with E-state index >= 15 is 0 Å². The number of amides is 1. The highest BCUT2D eigenvalue weighted by molar-refractivity contribution is 9.09. The van der Waals surface area contributed by atoms with Gasteiger partial charge in [-0.15, -0.1) is 0 Å². The molecule has 0 N–H and O–H groups in total. The van der Waals surface area contributed by atoms with Crippen LogP contribution in [0.3, 0.4) is 0 Å². The number of sulfonamides is 1. The minimum Gasteiger partial charge on any atom is -0.449 e. The van der Waals surface area contributed by atoms with E-state index in [2.05, 4.69) is 15.9 Å². The molecule has 0 radical (unpaired) electrons. The van der Waals surface area contributed by atoms with Gasteiger partial charge in [-0.25, -0.2) is 13.2 Å². The lowest BCUT2D eigenvalue weighted by atomic mass is 10.4. The van der Waals surface area contributed by atoms with Crippen molar-refractivity contribution in [1.82, 2.24) is 4.31 Å². The number of hydrogen-bond acceptors (Lipinski definition) is 4. The lowest BCUT2D eigenvalue weighted by molar-refractivity contribution is 0.132. The molecule has 1 rings (SSSR count). The minimum absolute atomic E-state index is 0.00842. The summed E-state index contributed by atoms with van der Waals surface area (Å²) < 4.78 is 30.1. The maximum Gasteiger partial charge on any atom is 0.423 e. The van der Waals surface area contributed by atoms with Crippen molar-refractivity contribution in [1.29, 1.82) is 0 Å². The van der Waals surface area contributed by atoms with Gasteiger partial charge in [0.1, 0.15) is 0 Å². The summed E-state index contributed by atoms with van der Waals surface area (Å²) in [5.74, 6) is 0. The monoisotopic (exact) mass is 369 g/mol. The fourth-order valence-electron chi connectivity index (χ4n) is 1.32. The number of rotatable bonds is 5. The molecule has 0 atom stereocenters. The number of carbonyl (C=O) groups is 1. The lowest BCUT2D eigenvalue weighted by Crippen LogP contribution is -2.38. The highest BCUT2D eigenvalue weighted by atomic mass is 79.9. The van der Waals surface area contributed by atoms with E-state index in [1.165, 1.54) is 24.3 Å². The predicted octanol–water partition coefficient (Wildman–Crippen LogP) is 2.88. The van der Waals surface area contributed by atoms with Crippen LogP contribution >= 0.6 is 27.5 Å². The van der Waals surface area contributed by atoms with Crippen LogP contribution in [0.4, 0.5) is 4.79 Å². The third-order valence-corrected chi connectivity index (χ3v) is 4.55. The Morgan fingerprint density at radius 1 is 1.37 bits per heavy atom. The normalized spacial score (nSPS) is 11.1. The minimum atomic E-state index is -3.93. The van der Waals surface area contributed by atoms with Gasteiger partial charge >= 0.3 is 6.09 Å². The van der Waals surface area contributed by atoms with Crippen molar-refractivity contribution in [2.75, 3.05) is 18.5 Å². The molecule has 1 aromatic rings. The first-order valence-corrected chi connectivity index (χ1v) is 8.38. The van der Waals surface area contributed by atoms with Gasteiger partial charge < -0.3 is 4.74 Å². The first-order chi connectivity index (χ1) is 8.93. The lowest BCUT2D eigenvalue weighted by Gasteiger charge is -2.20. The van der Waals surface area contributed by atoms with Crippen molar-refractivity contribution in [2.45, 2.75) is 11.8 Å². The van der Waals surface area contributed by atoms with Crippen LogP contribution < -0.4 is 0 Å². The second kappa shape index (κ2) is 7.12. The van der Waals surface area contributed by atoms with Gasteiger partial charge in [0.05, 0.1) is 18.0 Å². The highest BCUT2D eigenvalue weighted by Crippen LogP contribution is 2.19. The van der Waals surface area contributed by atoms with Crippen LogP contribution in [0.2, 0.25) is 5.02 Å². The zero-order valence-electron chi connectivity index (χ0n) is 10.2. The zero-order valence-corrected chi connectivity index (χ0v) is 13.3. The summed E-state index contributed by atoms with van der Waals surface area (Å²) >= 11 is 8.82. The van der Waals surface area contributed by atoms with E-state index < -0.39 is 16.1 Å². The molecule has 0 aromatic heterocycles. The molecule has 0 aliphatic rings. The number of nitrogens with zero attached hydrogens (tertiary/aromatic N) is 1. The fraction of sp³-hybridized carbons (Fsp3) is 0.364. The molecule has 8 heteroatoms. The standard InChI is InChI=1S/C11H13BrClNO4S/c1-2-18-11(15)14(8-7-12)19(16,17)10-5-3-9(13)4-6-10/h3-6H,2,7-8H2,1H3. The Bertz CT molecular complexity index is 532. The first kappa shape index (κ1) is 16.3. The first-order valence-electron chi connectivity index (χ1n) is 5.44. The van der Waals surface area contributed by atoms with Gasteiger partial charge in [0.2, 0.25) is 0 Å². The van der Waals surface area contributed by atoms with Crippen molar-refractivity contribution in [3.63, 3.8) is 0 Å². The predicted molar refractivity (Wildman–Crippen MR) is 76.2 cm³/mol. The van der Waals surface area contributed by atoms with Gasteiger partial charge in [-0.1, -0.05) is 27.5 Å². The Labute approximate surface area is 125 Å². The topological polar surface area (TPSA) is 63.7 Å². The van der Waals surface area contributed by atoms with E-state index in [1.807, 2.05) is 0 Å². The second-order valence-corrected chi connectivity index (χ2v) is 6.51. The summed E-state index contributed by atoms with van der Waals surface area (Å²) in [6.45, 7) is 1.71. The molecule has 106 valence electrons. The molecule has 0 saturated carbocycles. The molecule has 0 aliphatic heterocycles. The highest BCUT2D eigenvalue weighted by Gasteiger charge is 2.29. The third-order valence-electron chi connectivity index (χ3n) is 2.16. The van der Waals surface area contributed by atoms with Crippen LogP contribution in [0, 0.1) is 0 Å². The molecule has 0 saturated heterocycles. The van der Waals surface area contributed by atoms with E-state index in [4.69, 9.17) is 16.3 Å². The molecular weight excluding hydrogens is 358 g/mol. The number of hydrogen-bond donors (Lipinski definition) is 0. The molecule has 1 aromatic carbocycles. The summed E-state index contributed by atoms with van der Waals surface area (Å²) in [6, 6.07) is 5.59. The molecule has 0 spiro atoms. The van der Waals surface area contributed by atoms with Gasteiger partial charge in [-0.3, -0.25) is 0 Å². The van der Waals surface area contributed by atoms with Crippen LogP contribution in [-0.4, -0.2) is 37.3 Å². The maximum absolute atomic E-state index is 12.3. The van der Waals surface area contributed by atoms with Crippen molar-refractivity contribution in [2.24, 2.45) is 0 Å². The number of ether oxygens (including phenoxy) is 1. The number of benzene rings is 1. The van der Waals surface area contributed by atoms with Crippen LogP contribution in [0.15, 0.2) is 29.2 Å². The second-order valence-electron chi connectivity index (χ2n) is 3.42. The van der Waals surface area contributed by atoms with Crippen molar-refractivity contribution in [3.8, 4) is 0 Å². The Morgan fingerprint density at radius 2 is 1.95 bits per heavy atom. The average Bonchev–Trinajstić information content (AvgIpc) is 2.36. The summed E-state index contributed by atoms with van der Waals surface area (Å²) in [4.78, 5) is 11.7. The Kier molecular flexibility index (Phi) is 6.09. The summed E-state index contributed by atoms with van der Waals surface area (Å²) in [5.41, 5.74) is 0. The van der Waals surface area contributed by atoms with Gasteiger partial charge in [-0.2, -0.15) is 4.31 Å². The summed E-state index contributed by atoms with van der Waals surface area (Å²) in [6.07, 6.45) is -0.892. The van der Waals surface area contributed by atoms with Crippen LogP contribution in [-0.2, 0) is 14.8 Å². The van der Waals surface area contributed by atoms with Gasteiger partial charge in [0.15, 0.2) is 0 Å². The van der Waals surface area contributed by atoms with E-state index in [1.54, 1.807) is 6.92 Å². The molecule has 1 amide bonds. The van der Waals surface area contributed by atoms with Crippen molar-refractivity contribution >= 4 is 43.6 Å². The van der Waals surface area contributed by atoms with Crippen LogP contribution in [0.1, 0.15) is 6.92 Å². The zero-order chi connectivity index (χ0) is 14.5. The summed E-state index contributed by atoms with van der Waals surface area (Å²) in [5, 5.41) is 0.737. The van der Waals surface area contributed by atoms with E-state index in [0.717, 1.165) is 0 Å². The third kappa shape index (κ3) is 4.09. The van der Waals surface area contributed by atoms with Crippen LogP contribution in [0.25, 0.3) is 0 Å². The smallest absolute Gasteiger partial charge is 0.423 e. The molecular formula is C11H13BrClNO4S. The molecule has 0 unspecified atom stereocenters. The molecule has 0 heterocycles. The molecule has 0 bridgehead atoms. The van der Waals surface area contributed by atoms with Gasteiger partial charge in [0.25, 0.3) is 10.0 Å². The fourth-order valence-corrected chi connectivity index (χ4v) is 3.35. The number of halogens is 2. The maximum atomic E-state index is 12.3. The SMILES string of the molecule is CCOC(=O)N(CCBr)S(=O)(=O)c1ccc(Cl)cc1. The van der Waals surface area contributed by atoms with Crippen LogP contribution in [0.5, 0.6) is 0 Å². The molecule has 0 aliphatic carbocycles. The van der Waals surface area contributed by atoms with E-state index in [0.29, 0.717) is 14.7 Å². The van der Waals surface area contributed by atoms with Gasteiger partial charge in [-0.05, 0) is 31.2 Å². The van der Waals surface area contributed by atoms with Crippen molar-refractivity contribution in [3.05, 3.63) is 29.3 Å². The summed E-state index contributed by atoms with van der Waals surface area (Å²) in [7, 11) is -3.93. The van der Waals surface area contributed by atoms with Crippen molar-refractivity contribution < 1.29 is 17.9 Å². The number of alkyl halides is 1. The number of carbonyl (C=O) groups excluding carboxylic acids is 1. The largest absolute Gasteiger partial charge is 0.449 e.